The average molecular weight is 811 g/mol. The topological polar surface area (TPSA) is 205 Å². The quantitative estimate of drug-likeness (QED) is 0.251. The number of esters is 4. The molecule has 2 aliphatic rings. The van der Waals surface area contributed by atoms with Crippen LogP contribution in [0, 0.1) is 0 Å². The number of methoxy groups -OCH3 is 4. The molecule has 19 heteroatoms. The van der Waals surface area contributed by atoms with Crippen molar-refractivity contribution in [1.82, 2.24) is 25.1 Å². The van der Waals surface area contributed by atoms with Gasteiger partial charge in [-0.15, -0.1) is 0 Å². The van der Waals surface area contributed by atoms with E-state index in [1.165, 1.54) is 53.0 Å². The molecule has 0 bridgehead atoms. The summed E-state index contributed by atoms with van der Waals surface area (Å²) in [4.78, 5) is 83.3. The number of carbonyl (C=O) groups is 6. The number of aromatic nitrogens is 2. The fourth-order valence-corrected chi connectivity index (χ4v) is 4.93. The highest BCUT2D eigenvalue weighted by atomic mass is 35.5. The van der Waals surface area contributed by atoms with Crippen molar-refractivity contribution in [1.29, 1.82) is 0 Å². The third kappa shape index (κ3) is 15.5. The lowest BCUT2D eigenvalue weighted by atomic mass is 10.1. The zero-order chi connectivity index (χ0) is 41.5. The second-order valence-electron chi connectivity index (χ2n) is 13.8. The van der Waals surface area contributed by atoms with Crippen molar-refractivity contribution in [3.05, 3.63) is 51.9 Å². The van der Waals surface area contributed by atoms with Gasteiger partial charge in [0.05, 0.1) is 50.7 Å². The molecule has 0 aliphatic carbocycles. The summed E-state index contributed by atoms with van der Waals surface area (Å²) in [5.74, 6) is -2.12. The molecule has 2 aliphatic heterocycles. The number of nitrogens with zero attached hydrogens (tertiary/aromatic N) is 5. The Morgan fingerprint density at radius 3 is 1.38 bits per heavy atom. The Balaban J connectivity index is 0.000000457. The van der Waals surface area contributed by atoms with Crippen molar-refractivity contribution < 1.29 is 57.2 Å². The minimum Gasteiger partial charge on any atom is -0.465 e. The maximum atomic E-state index is 12.1. The predicted molar refractivity (Wildman–Crippen MR) is 206 cm³/mol. The summed E-state index contributed by atoms with van der Waals surface area (Å²) in [5, 5.41) is 3.28. The first-order valence-electron chi connectivity index (χ1n) is 17.2. The molecule has 0 spiro atoms. The summed E-state index contributed by atoms with van der Waals surface area (Å²) in [6.45, 7) is 16.3. The minimum absolute atomic E-state index is 0. The van der Waals surface area contributed by atoms with Gasteiger partial charge < -0.3 is 48.4 Å². The zero-order valence-electron chi connectivity index (χ0n) is 33.0. The van der Waals surface area contributed by atoms with Crippen molar-refractivity contribution in [2.45, 2.75) is 60.2 Å². The highest BCUT2D eigenvalue weighted by Gasteiger charge is 2.28. The summed E-state index contributed by atoms with van der Waals surface area (Å²) in [6.07, 6.45) is 1.91. The molecule has 1 N–H and O–H groups in total. The third-order valence-electron chi connectivity index (χ3n) is 7.41. The van der Waals surface area contributed by atoms with Gasteiger partial charge in [0.1, 0.15) is 22.2 Å². The maximum Gasteiger partial charge on any atom is 0.410 e. The Morgan fingerprint density at radius 1 is 0.589 bits per heavy atom. The van der Waals surface area contributed by atoms with Crippen LogP contribution >= 0.6 is 11.6 Å². The second kappa shape index (κ2) is 22.4. The van der Waals surface area contributed by atoms with E-state index in [1.54, 1.807) is 9.80 Å². The molecule has 2 saturated heterocycles. The summed E-state index contributed by atoms with van der Waals surface area (Å²) < 4.78 is 29.0. The third-order valence-corrected chi connectivity index (χ3v) is 7.61. The lowest BCUT2D eigenvalue weighted by Crippen LogP contribution is -2.50. The fourth-order valence-electron chi connectivity index (χ4n) is 4.77. The monoisotopic (exact) mass is 810 g/mol. The summed E-state index contributed by atoms with van der Waals surface area (Å²) in [5.41, 5.74) is -0.751. The molecule has 18 nitrogen and oxygen atoms in total. The number of ether oxygens (including phenoxy) is 6. The van der Waals surface area contributed by atoms with E-state index in [9.17, 15) is 28.8 Å². The minimum atomic E-state index is -0.667. The predicted octanol–water partition coefficient (Wildman–Crippen LogP) is 4.48. The molecule has 2 aromatic heterocycles. The number of piperazine rings is 2. The molecule has 4 heterocycles. The number of rotatable bonds is 5. The van der Waals surface area contributed by atoms with Gasteiger partial charge >= 0.3 is 36.1 Å². The Hall–Kier alpha value is -5.23. The molecule has 56 heavy (non-hydrogen) atoms. The Morgan fingerprint density at radius 2 is 0.964 bits per heavy atom. The van der Waals surface area contributed by atoms with E-state index in [2.05, 4.69) is 29.5 Å². The normalized spacial score (nSPS) is 13.9. The van der Waals surface area contributed by atoms with Gasteiger partial charge in [0.2, 0.25) is 0 Å². The largest absolute Gasteiger partial charge is 0.465 e. The molecule has 312 valence electrons. The molecule has 2 aromatic rings. The lowest BCUT2D eigenvalue weighted by Gasteiger charge is -2.36. The van der Waals surface area contributed by atoms with Crippen LogP contribution in [0.2, 0.25) is 5.15 Å². The van der Waals surface area contributed by atoms with Crippen LogP contribution in [0.5, 0.6) is 0 Å². The van der Waals surface area contributed by atoms with Gasteiger partial charge in [0.25, 0.3) is 0 Å². The van der Waals surface area contributed by atoms with Gasteiger partial charge in [-0.25, -0.2) is 38.7 Å². The standard InChI is InChI=1S/C18H25N3O6.C9H8ClNO4.C9H18N2O2.CH4/c1-18(2,3)27-17(24)21-8-6-20(7-9-21)14-10-12(15(22)25-4)13(11-19-14)16(23)26-5;1-14-8(12)5-3-7(10)11-4-6(5)9(13)15-2;1-9(2,3)13-8(12)11-6-4-10-5-7-11;/h10-11H,6-9H2,1-5H3;3-4H,1-2H3;10H,4-7H2,1-3H3;1H4. The van der Waals surface area contributed by atoms with Crippen molar-refractivity contribution in [2.75, 3.05) is 85.7 Å². The van der Waals surface area contributed by atoms with Crippen molar-refractivity contribution in [2.24, 2.45) is 0 Å². The van der Waals surface area contributed by atoms with Crippen LogP contribution in [-0.4, -0.2) is 148 Å². The maximum absolute atomic E-state index is 12.1. The molecule has 0 saturated carbocycles. The van der Waals surface area contributed by atoms with Crippen molar-refractivity contribution >= 4 is 53.5 Å². The molecular formula is C37H55ClN6O12. The first-order chi connectivity index (χ1) is 25.7. The molecule has 4 rings (SSSR count). The Labute approximate surface area is 333 Å². The molecule has 0 unspecified atom stereocenters. The molecule has 0 radical (unpaired) electrons. The Bertz CT molecular complexity index is 1660. The number of halogens is 1. The van der Waals surface area contributed by atoms with Crippen LogP contribution in [-0.2, 0) is 28.4 Å². The van der Waals surface area contributed by atoms with E-state index in [0.29, 0.717) is 32.0 Å². The van der Waals surface area contributed by atoms with Gasteiger partial charge in [-0.2, -0.15) is 0 Å². The number of pyridine rings is 2. The van der Waals surface area contributed by atoms with Crippen molar-refractivity contribution in [3.8, 4) is 0 Å². The fraction of sp³-hybridized carbons (Fsp3) is 0.568. The van der Waals surface area contributed by atoms with Gasteiger partial charge in [-0.1, -0.05) is 19.0 Å². The highest BCUT2D eigenvalue weighted by Crippen LogP contribution is 2.21. The Kier molecular flexibility index (Phi) is 19.5. The summed E-state index contributed by atoms with van der Waals surface area (Å²) >= 11 is 5.59. The smallest absolute Gasteiger partial charge is 0.410 e. The van der Waals surface area contributed by atoms with E-state index >= 15 is 0 Å². The van der Waals surface area contributed by atoms with Crippen LogP contribution in [0.1, 0.15) is 90.4 Å². The molecular weight excluding hydrogens is 756 g/mol. The van der Waals surface area contributed by atoms with Gasteiger partial charge in [0.15, 0.2) is 0 Å². The zero-order valence-corrected chi connectivity index (χ0v) is 33.7. The number of carbonyl (C=O) groups excluding carboxylic acids is 6. The van der Waals surface area contributed by atoms with E-state index in [4.69, 9.17) is 25.8 Å². The number of hydrogen-bond donors (Lipinski definition) is 1. The number of nitrogens with one attached hydrogen (secondary N) is 1. The number of anilines is 1. The number of hydrogen-bond acceptors (Lipinski definition) is 16. The summed E-state index contributed by atoms with van der Waals surface area (Å²) in [7, 11) is 4.88. The number of amides is 2. The molecule has 2 fully saturated rings. The summed E-state index contributed by atoms with van der Waals surface area (Å²) in [6, 6.07) is 2.75. The van der Waals surface area contributed by atoms with E-state index in [0.717, 1.165) is 26.2 Å². The molecule has 0 atom stereocenters. The van der Waals surface area contributed by atoms with Crippen LogP contribution in [0.3, 0.4) is 0 Å². The van der Waals surface area contributed by atoms with E-state index in [1.807, 2.05) is 46.4 Å². The second-order valence-corrected chi connectivity index (χ2v) is 14.2. The van der Waals surface area contributed by atoms with Crippen LogP contribution in [0.15, 0.2) is 24.5 Å². The average Bonchev–Trinajstić information content (AvgIpc) is 3.16. The first-order valence-corrected chi connectivity index (χ1v) is 17.5. The van der Waals surface area contributed by atoms with E-state index < -0.39 is 29.5 Å². The van der Waals surface area contributed by atoms with Gasteiger partial charge in [0, 0.05) is 64.8 Å². The van der Waals surface area contributed by atoms with E-state index in [-0.39, 0.29) is 52.6 Å². The van der Waals surface area contributed by atoms with Gasteiger partial charge in [-0.3, -0.25) is 0 Å². The SMILES string of the molecule is C.CC(C)(C)OC(=O)N1CCNCC1.COC(=O)c1cnc(Cl)cc1C(=O)OC.COC(=O)c1cnc(N2CCN(C(=O)OC(C)(C)C)CC2)cc1C(=O)OC. The first kappa shape index (κ1) is 48.8. The highest BCUT2D eigenvalue weighted by molar-refractivity contribution is 6.30. The van der Waals surface area contributed by atoms with Crippen LogP contribution in [0.25, 0.3) is 0 Å². The van der Waals surface area contributed by atoms with Crippen molar-refractivity contribution in [3.63, 3.8) is 0 Å². The molecule has 2 amide bonds. The van der Waals surface area contributed by atoms with Crippen LogP contribution in [0.4, 0.5) is 15.4 Å². The lowest BCUT2D eigenvalue weighted by molar-refractivity contribution is 0.0222. The van der Waals surface area contributed by atoms with Crippen LogP contribution < -0.4 is 10.2 Å². The molecule has 0 aromatic carbocycles. The van der Waals surface area contributed by atoms with Gasteiger partial charge in [-0.05, 0) is 53.7 Å².